The molecule has 0 rings (SSSR count). The molecule has 64 valence electrons. The second-order valence-electron chi connectivity index (χ2n) is 3.07. The van der Waals surface area contributed by atoms with Gasteiger partial charge in [0.1, 0.15) is 5.71 Å². The van der Waals surface area contributed by atoms with Crippen LogP contribution in [0, 0.1) is 11.3 Å². The van der Waals surface area contributed by atoms with Gasteiger partial charge in [-0.2, -0.15) is 0 Å². The Bertz CT molecular complexity index is 152. The molecule has 0 unspecified atom stereocenters. The molecule has 0 fully saturated rings. The fourth-order valence-corrected chi connectivity index (χ4v) is 0.794. The maximum absolute atomic E-state index is 10.2. The van der Waals surface area contributed by atoms with Crippen LogP contribution in [0.15, 0.2) is 0 Å². The summed E-state index contributed by atoms with van der Waals surface area (Å²) < 4.78 is 0. The zero-order valence-electron chi connectivity index (χ0n) is 7.05. The van der Waals surface area contributed by atoms with Crippen LogP contribution in [0.5, 0.6) is 0 Å². The molecule has 3 nitrogen and oxygen atoms in total. The molecule has 0 spiro atoms. The summed E-state index contributed by atoms with van der Waals surface area (Å²) in [6.07, 6.45) is 2.20. The van der Waals surface area contributed by atoms with Gasteiger partial charge in [0.2, 0.25) is 0 Å². The summed E-state index contributed by atoms with van der Waals surface area (Å²) in [5, 5.41) is 15.3. The molecule has 0 saturated carbocycles. The second-order valence-corrected chi connectivity index (χ2v) is 3.07. The molecule has 3 heteroatoms. The lowest BCUT2D eigenvalue weighted by molar-refractivity contribution is -0.129. The number of hydrogen-bond acceptors (Lipinski definition) is 2. The van der Waals surface area contributed by atoms with Crippen molar-refractivity contribution >= 4 is 11.7 Å². The lowest BCUT2D eigenvalue weighted by atomic mass is 10.0. The van der Waals surface area contributed by atoms with E-state index in [1.165, 1.54) is 0 Å². The van der Waals surface area contributed by atoms with E-state index in [4.69, 9.17) is 10.5 Å². The zero-order chi connectivity index (χ0) is 8.85. The maximum atomic E-state index is 10.2. The molecule has 0 aromatic heterocycles. The monoisotopic (exact) mass is 157 g/mol. The van der Waals surface area contributed by atoms with Gasteiger partial charge in [0.15, 0.2) is 0 Å². The first-order chi connectivity index (χ1) is 5.04. The van der Waals surface area contributed by atoms with Gasteiger partial charge in [-0.15, -0.1) is 0 Å². The molecule has 0 aliphatic rings. The highest BCUT2D eigenvalue weighted by Crippen LogP contribution is 2.06. The molecule has 0 aromatic rings. The van der Waals surface area contributed by atoms with Crippen molar-refractivity contribution < 1.29 is 9.90 Å². The molecule has 0 saturated heterocycles. The van der Waals surface area contributed by atoms with E-state index >= 15 is 0 Å². The van der Waals surface area contributed by atoms with Crippen molar-refractivity contribution in [1.82, 2.24) is 0 Å². The first kappa shape index (κ1) is 10.1. The van der Waals surface area contributed by atoms with Crippen LogP contribution in [0.4, 0.5) is 0 Å². The van der Waals surface area contributed by atoms with Crippen LogP contribution in [0.3, 0.4) is 0 Å². The molecule has 11 heavy (non-hydrogen) atoms. The van der Waals surface area contributed by atoms with E-state index in [2.05, 4.69) is 13.8 Å². The lowest BCUT2D eigenvalue weighted by Gasteiger charge is -2.02. The van der Waals surface area contributed by atoms with Gasteiger partial charge < -0.3 is 5.11 Å². The summed E-state index contributed by atoms with van der Waals surface area (Å²) in [6, 6.07) is 0. The average Bonchev–Trinajstić information content (AvgIpc) is 1.86. The van der Waals surface area contributed by atoms with E-state index in [-0.39, 0.29) is 5.71 Å². The van der Waals surface area contributed by atoms with E-state index in [0.717, 1.165) is 12.8 Å². The van der Waals surface area contributed by atoms with Crippen LogP contribution in [0.1, 0.15) is 33.1 Å². The Kier molecular flexibility index (Phi) is 4.50. The smallest absolute Gasteiger partial charge is 0.349 e. The Morgan fingerprint density at radius 2 is 2.09 bits per heavy atom. The van der Waals surface area contributed by atoms with Gasteiger partial charge in [0.25, 0.3) is 0 Å². The number of carbonyl (C=O) groups is 1. The van der Waals surface area contributed by atoms with Gasteiger partial charge in [-0.1, -0.05) is 20.3 Å². The number of nitrogens with one attached hydrogen (secondary N) is 1. The molecular weight excluding hydrogens is 142 g/mol. The van der Waals surface area contributed by atoms with E-state index in [1.807, 2.05) is 0 Å². The molecule has 0 radical (unpaired) electrons. The summed E-state index contributed by atoms with van der Waals surface area (Å²) in [5.41, 5.74) is -0.175. The highest BCUT2D eigenvalue weighted by molar-refractivity contribution is 6.34. The minimum atomic E-state index is -1.09. The van der Waals surface area contributed by atoms with E-state index in [1.54, 1.807) is 0 Å². The number of carboxylic acids is 1. The second kappa shape index (κ2) is 4.88. The van der Waals surface area contributed by atoms with Crippen molar-refractivity contribution in [3.05, 3.63) is 0 Å². The van der Waals surface area contributed by atoms with Crippen molar-refractivity contribution in [2.24, 2.45) is 5.92 Å². The molecule has 0 heterocycles. The maximum Gasteiger partial charge on any atom is 0.349 e. The standard InChI is InChI=1S/C8H15NO2/c1-6(2)4-3-5-7(9)8(10)11/h6,9H,3-5H2,1-2H3,(H,10,11). The van der Waals surface area contributed by atoms with Crippen molar-refractivity contribution in [3.63, 3.8) is 0 Å². The van der Waals surface area contributed by atoms with Crippen molar-refractivity contribution in [3.8, 4) is 0 Å². The van der Waals surface area contributed by atoms with Crippen LogP contribution in [0.2, 0.25) is 0 Å². The lowest BCUT2D eigenvalue weighted by Crippen LogP contribution is -2.11. The first-order valence-corrected chi connectivity index (χ1v) is 3.84. The Balaban J connectivity index is 3.40. The summed E-state index contributed by atoms with van der Waals surface area (Å²) in [4.78, 5) is 10.2. The number of rotatable bonds is 5. The van der Waals surface area contributed by atoms with E-state index in [0.29, 0.717) is 12.3 Å². The van der Waals surface area contributed by atoms with Crippen LogP contribution in [-0.2, 0) is 4.79 Å². The Labute approximate surface area is 66.9 Å². The zero-order valence-corrected chi connectivity index (χ0v) is 7.05. The third-order valence-corrected chi connectivity index (χ3v) is 1.47. The minimum absolute atomic E-state index is 0.175. The minimum Gasteiger partial charge on any atom is -0.477 e. The van der Waals surface area contributed by atoms with Crippen molar-refractivity contribution in [2.75, 3.05) is 0 Å². The van der Waals surface area contributed by atoms with Crippen LogP contribution in [-0.4, -0.2) is 16.8 Å². The highest BCUT2D eigenvalue weighted by Gasteiger charge is 2.05. The number of carboxylic acid groups (broad SMARTS) is 1. The third-order valence-electron chi connectivity index (χ3n) is 1.47. The Hall–Kier alpha value is -0.860. The molecule has 0 aromatic carbocycles. The Morgan fingerprint density at radius 1 is 1.55 bits per heavy atom. The van der Waals surface area contributed by atoms with Gasteiger partial charge in [-0.3, -0.25) is 5.41 Å². The van der Waals surface area contributed by atoms with E-state index < -0.39 is 5.97 Å². The fourth-order valence-electron chi connectivity index (χ4n) is 0.794. The molecule has 0 aliphatic carbocycles. The largest absolute Gasteiger partial charge is 0.477 e. The van der Waals surface area contributed by atoms with Gasteiger partial charge >= 0.3 is 5.97 Å². The third kappa shape index (κ3) is 5.58. The summed E-state index contributed by atoms with van der Waals surface area (Å²) in [5.74, 6) is -0.495. The molecular formula is C8H15NO2. The van der Waals surface area contributed by atoms with Gasteiger partial charge in [-0.05, 0) is 18.8 Å². The number of aliphatic carboxylic acids is 1. The van der Waals surface area contributed by atoms with E-state index in [9.17, 15) is 4.79 Å². The predicted octanol–water partition coefficient (Wildman–Crippen LogP) is 1.92. The van der Waals surface area contributed by atoms with Gasteiger partial charge in [-0.25, -0.2) is 4.79 Å². The molecule has 2 N–H and O–H groups in total. The normalized spacial score (nSPS) is 10.1. The van der Waals surface area contributed by atoms with Crippen LogP contribution >= 0.6 is 0 Å². The molecule has 0 bridgehead atoms. The topological polar surface area (TPSA) is 61.2 Å². The summed E-state index contributed by atoms with van der Waals surface area (Å²) in [6.45, 7) is 4.18. The predicted molar refractivity (Wildman–Crippen MR) is 44.1 cm³/mol. The molecule has 0 aliphatic heterocycles. The average molecular weight is 157 g/mol. The quantitative estimate of drug-likeness (QED) is 0.599. The fraction of sp³-hybridized carbons (Fsp3) is 0.750. The summed E-state index contributed by atoms with van der Waals surface area (Å²) >= 11 is 0. The van der Waals surface area contributed by atoms with Crippen LogP contribution < -0.4 is 0 Å². The van der Waals surface area contributed by atoms with Crippen molar-refractivity contribution in [2.45, 2.75) is 33.1 Å². The van der Waals surface area contributed by atoms with Gasteiger partial charge in [0.05, 0.1) is 0 Å². The van der Waals surface area contributed by atoms with Crippen molar-refractivity contribution in [1.29, 1.82) is 5.41 Å². The first-order valence-electron chi connectivity index (χ1n) is 3.84. The Morgan fingerprint density at radius 3 is 2.45 bits per heavy atom. The molecule has 0 atom stereocenters. The van der Waals surface area contributed by atoms with Crippen LogP contribution in [0.25, 0.3) is 0 Å². The summed E-state index contributed by atoms with van der Waals surface area (Å²) in [7, 11) is 0. The number of hydrogen-bond donors (Lipinski definition) is 2. The molecule has 0 amide bonds. The SMILES string of the molecule is CC(C)CCCC(=N)C(=O)O. The van der Waals surface area contributed by atoms with Gasteiger partial charge in [0, 0.05) is 0 Å². The highest BCUT2D eigenvalue weighted by atomic mass is 16.4.